The molecular weight excluding hydrogens is 210 g/mol. The van der Waals surface area contributed by atoms with E-state index in [0.29, 0.717) is 13.0 Å². The summed E-state index contributed by atoms with van der Waals surface area (Å²) in [5, 5.41) is 11.7. The van der Waals surface area contributed by atoms with E-state index in [0.717, 1.165) is 0 Å². The van der Waals surface area contributed by atoms with E-state index in [2.05, 4.69) is 5.32 Å². The summed E-state index contributed by atoms with van der Waals surface area (Å²) in [7, 11) is 0. The van der Waals surface area contributed by atoms with Crippen molar-refractivity contribution in [1.82, 2.24) is 5.32 Å². The molecule has 1 heterocycles. The van der Waals surface area contributed by atoms with Crippen LogP contribution >= 0.6 is 0 Å². The van der Waals surface area contributed by atoms with Gasteiger partial charge in [-0.05, 0) is 33.3 Å². The van der Waals surface area contributed by atoms with Crippen LogP contribution in [0.25, 0.3) is 0 Å². The maximum atomic E-state index is 11.7. The van der Waals surface area contributed by atoms with Gasteiger partial charge in [-0.25, -0.2) is 9.59 Å². The van der Waals surface area contributed by atoms with Crippen LogP contribution < -0.4 is 5.32 Å². The average Bonchev–Trinajstić information content (AvgIpc) is 2.15. The predicted molar refractivity (Wildman–Crippen MR) is 58.0 cm³/mol. The van der Waals surface area contributed by atoms with Gasteiger partial charge in [0.1, 0.15) is 11.6 Å². The lowest BCUT2D eigenvalue weighted by molar-refractivity contribution is -0.156. The summed E-state index contributed by atoms with van der Waals surface area (Å²) in [5.41, 5.74) is -0.303. The molecule has 0 saturated carbocycles. The topological polar surface area (TPSA) is 75.6 Å². The van der Waals surface area contributed by atoms with Crippen LogP contribution in [0.2, 0.25) is 0 Å². The number of aliphatic carboxylic acids is 1. The van der Waals surface area contributed by atoms with Crippen LogP contribution in [0.5, 0.6) is 0 Å². The van der Waals surface area contributed by atoms with Crippen LogP contribution in [0.4, 0.5) is 0 Å². The first kappa shape index (κ1) is 12.7. The summed E-state index contributed by atoms with van der Waals surface area (Å²) in [6.45, 7) is 5.79. The van der Waals surface area contributed by atoms with E-state index in [-0.39, 0.29) is 5.57 Å². The molecule has 0 aromatic carbocycles. The molecule has 0 aliphatic carbocycles. The van der Waals surface area contributed by atoms with E-state index in [4.69, 9.17) is 9.84 Å². The van der Waals surface area contributed by atoms with Gasteiger partial charge in [0.25, 0.3) is 0 Å². The molecule has 0 fully saturated rings. The van der Waals surface area contributed by atoms with Crippen LogP contribution in [0.1, 0.15) is 27.2 Å². The third-order valence-corrected chi connectivity index (χ3v) is 2.06. The summed E-state index contributed by atoms with van der Waals surface area (Å²) < 4.78 is 5.17. The Morgan fingerprint density at radius 3 is 2.62 bits per heavy atom. The predicted octanol–water partition coefficient (Wildman–Crippen LogP) is 0.701. The third kappa shape index (κ3) is 3.66. The van der Waals surface area contributed by atoms with Crippen LogP contribution in [0.15, 0.2) is 11.6 Å². The Kier molecular flexibility index (Phi) is 3.70. The lowest BCUT2D eigenvalue weighted by Crippen LogP contribution is -2.43. The maximum absolute atomic E-state index is 11.7. The van der Waals surface area contributed by atoms with Crippen molar-refractivity contribution in [3.63, 3.8) is 0 Å². The molecule has 0 radical (unpaired) electrons. The Labute approximate surface area is 94.5 Å². The molecule has 5 heteroatoms. The SMILES string of the molecule is CC(C)(C)OC(=O)[C@@H]1C=C(C(=O)O)CCN1. The third-order valence-electron chi connectivity index (χ3n) is 2.06. The van der Waals surface area contributed by atoms with Crippen LogP contribution in [0, 0.1) is 0 Å². The minimum Gasteiger partial charge on any atom is -0.478 e. The van der Waals surface area contributed by atoms with Crippen molar-refractivity contribution in [2.24, 2.45) is 0 Å². The summed E-state index contributed by atoms with van der Waals surface area (Å²) in [5.74, 6) is -1.42. The van der Waals surface area contributed by atoms with Gasteiger partial charge in [-0.15, -0.1) is 0 Å². The molecule has 0 aromatic heterocycles. The molecule has 1 rings (SSSR count). The van der Waals surface area contributed by atoms with Gasteiger partial charge in [-0.1, -0.05) is 0 Å². The molecule has 16 heavy (non-hydrogen) atoms. The first-order valence-corrected chi connectivity index (χ1v) is 5.20. The number of rotatable bonds is 2. The Bertz CT molecular complexity index is 327. The molecule has 1 aliphatic heterocycles. The zero-order chi connectivity index (χ0) is 12.3. The molecule has 5 nitrogen and oxygen atoms in total. The van der Waals surface area contributed by atoms with E-state index in [1.54, 1.807) is 20.8 Å². The summed E-state index contributed by atoms with van der Waals surface area (Å²) in [6, 6.07) is -0.654. The second kappa shape index (κ2) is 4.65. The van der Waals surface area contributed by atoms with Gasteiger partial charge in [-0.2, -0.15) is 0 Å². The fourth-order valence-electron chi connectivity index (χ4n) is 1.40. The van der Waals surface area contributed by atoms with Crippen molar-refractivity contribution < 1.29 is 19.4 Å². The zero-order valence-electron chi connectivity index (χ0n) is 9.74. The number of carbonyl (C=O) groups is 2. The van der Waals surface area contributed by atoms with E-state index in [1.807, 2.05) is 0 Å². The number of hydrogen-bond acceptors (Lipinski definition) is 4. The minimum absolute atomic E-state index is 0.259. The Morgan fingerprint density at radius 2 is 2.12 bits per heavy atom. The number of carboxylic acid groups (broad SMARTS) is 1. The summed E-state index contributed by atoms with van der Waals surface area (Å²) in [4.78, 5) is 22.4. The number of ether oxygens (including phenoxy) is 1. The van der Waals surface area contributed by atoms with Crippen molar-refractivity contribution >= 4 is 11.9 Å². The van der Waals surface area contributed by atoms with Crippen molar-refractivity contribution in [3.05, 3.63) is 11.6 Å². The van der Waals surface area contributed by atoms with Gasteiger partial charge in [0, 0.05) is 12.1 Å². The fraction of sp³-hybridized carbons (Fsp3) is 0.636. The second-order valence-corrected chi connectivity index (χ2v) is 4.71. The molecule has 0 aromatic rings. The second-order valence-electron chi connectivity index (χ2n) is 4.71. The van der Waals surface area contributed by atoms with Crippen molar-refractivity contribution in [3.8, 4) is 0 Å². The highest BCUT2D eigenvalue weighted by Gasteiger charge is 2.27. The van der Waals surface area contributed by atoms with Gasteiger partial charge in [0.05, 0.1) is 0 Å². The van der Waals surface area contributed by atoms with E-state index in [1.165, 1.54) is 6.08 Å². The van der Waals surface area contributed by atoms with Crippen molar-refractivity contribution in [2.75, 3.05) is 6.54 Å². The van der Waals surface area contributed by atoms with Crippen molar-refractivity contribution in [1.29, 1.82) is 0 Å². The molecule has 0 spiro atoms. The lowest BCUT2D eigenvalue weighted by Gasteiger charge is -2.25. The molecule has 1 aliphatic rings. The average molecular weight is 227 g/mol. The molecule has 90 valence electrons. The Morgan fingerprint density at radius 1 is 1.50 bits per heavy atom. The Hall–Kier alpha value is -1.36. The molecule has 1 atom stereocenters. The number of esters is 1. The van der Waals surface area contributed by atoms with E-state index >= 15 is 0 Å². The number of nitrogens with one attached hydrogen (secondary N) is 1. The minimum atomic E-state index is -0.977. The largest absolute Gasteiger partial charge is 0.478 e. The monoisotopic (exact) mass is 227 g/mol. The first-order chi connectivity index (χ1) is 7.29. The number of hydrogen-bond donors (Lipinski definition) is 2. The summed E-state index contributed by atoms with van der Waals surface area (Å²) >= 11 is 0. The van der Waals surface area contributed by atoms with Gasteiger partial charge in [0.2, 0.25) is 0 Å². The van der Waals surface area contributed by atoms with Gasteiger partial charge in [0.15, 0.2) is 0 Å². The maximum Gasteiger partial charge on any atom is 0.331 e. The van der Waals surface area contributed by atoms with E-state index < -0.39 is 23.6 Å². The molecule has 0 amide bonds. The molecule has 0 saturated heterocycles. The van der Waals surface area contributed by atoms with Crippen LogP contribution in [0.3, 0.4) is 0 Å². The van der Waals surface area contributed by atoms with Crippen LogP contribution in [-0.2, 0) is 14.3 Å². The standard InChI is InChI=1S/C11H17NO4/c1-11(2,3)16-10(15)8-6-7(9(13)14)4-5-12-8/h6,8,12H,4-5H2,1-3H3,(H,13,14)/t8-/m0/s1. The highest BCUT2D eigenvalue weighted by atomic mass is 16.6. The normalized spacial score (nSPS) is 21.2. The summed E-state index contributed by atoms with van der Waals surface area (Å²) in [6.07, 6.45) is 1.84. The van der Waals surface area contributed by atoms with Gasteiger partial charge >= 0.3 is 11.9 Å². The molecular formula is C11H17NO4. The zero-order valence-corrected chi connectivity index (χ0v) is 9.74. The highest BCUT2D eigenvalue weighted by molar-refractivity contribution is 5.89. The van der Waals surface area contributed by atoms with Gasteiger partial charge < -0.3 is 15.2 Å². The Balaban J connectivity index is 2.70. The molecule has 2 N–H and O–H groups in total. The van der Waals surface area contributed by atoms with Gasteiger partial charge in [-0.3, -0.25) is 0 Å². The molecule has 0 bridgehead atoms. The smallest absolute Gasteiger partial charge is 0.331 e. The number of carboxylic acids is 1. The highest BCUT2D eigenvalue weighted by Crippen LogP contribution is 2.13. The number of carbonyl (C=O) groups excluding carboxylic acids is 1. The lowest BCUT2D eigenvalue weighted by atomic mass is 10.0. The van der Waals surface area contributed by atoms with Crippen molar-refractivity contribution in [2.45, 2.75) is 38.8 Å². The quantitative estimate of drug-likeness (QED) is 0.679. The fourth-order valence-corrected chi connectivity index (χ4v) is 1.40. The first-order valence-electron chi connectivity index (χ1n) is 5.20. The van der Waals surface area contributed by atoms with E-state index in [9.17, 15) is 9.59 Å². The van der Waals surface area contributed by atoms with Crippen LogP contribution in [-0.4, -0.2) is 35.2 Å². The molecule has 0 unspecified atom stereocenters.